The average molecular weight is 520 g/mol. The normalized spacial score (nSPS) is 14.0. The number of nitrogens with one attached hydrogen (secondary N) is 1. The predicted octanol–water partition coefficient (Wildman–Crippen LogP) is 4.13. The van der Waals surface area contributed by atoms with Crippen LogP contribution in [0.1, 0.15) is 24.0 Å². The van der Waals surface area contributed by atoms with E-state index < -0.39 is 21.3 Å². The summed E-state index contributed by atoms with van der Waals surface area (Å²) < 4.78 is 38.9. The zero-order chi connectivity index (χ0) is 26.5. The van der Waals surface area contributed by atoms with Crippen molar-refractivity contribution in [2.24, 2.45) is 0 Å². The SMILES string of the molecule is COc1ccc(S(=O)(=O)N(CCc2ccccc2)CC(=O)Nc2ccc(C3(C#N)CC3)cc2)cc1OC. The number of nitrogens with zero attached hydrogens (tertiary/aromatic N) is 2. The highest BCUT2D eigenvalue weighted by molar-refractivity contribution is 7.89. The second kappa shape index (κ2) is 11.0. The van der Waals surface area contributed by atoms with Crippen molar-refractivity contribution in [3.8, 4) is 17.6 Å². The van der Waals surface area contributed by atoms with Crippen LogP contribution in [0.5, 0.6) is 11.5 Å². The van der Waals surface area contributed by atoms with Crippen molar-refractivity contribution < 1.29 is 22.7 Å². The van der Waals surface area contributed by atoms with Gasteiger partial charge in [-0.05, 0) is 54.7 Å². The molecule has 0 saturated heterocycles. The van der Waals surface area contributed by atoms with Gasteiger partial charge in [0.05, 0.1) is 37.1 Å². The maximum Gasteiger partial charge on any atom is 0.243 e. The molecule has 4 rings (SSSR count). The second-order valence-electron chi connectivity index (χ2n) is 8.91. The standard InChI is InChI=1S/C28H29N3O5S/c1-35-25-13-12-24(18-26(25)36-2)37(33,34)31(17-14-21-6-4-3-5-7-21)19-27(32)30-23-10-8-22(9-11-23)28(20-29)15-16-28/h3-13,18H,14-17,19H2,1-2H3,(H,30,32). The number of ether oxygens (including phenoxy) is 2. The number of amides is 1. The van der Waals surface area contributed by atoms with E-state index in [0.29, 0.717) is 17.9 Å². The summed E-state index contributed by atoms with van der Waals surface area (Å²) in [5.41, 5.74) is 2.00. The molecule has 0 radical (unpaired) electrons. The highest BCUT2D eigenvalue weighted by Gasteiger charge is 2.44. The molecular formula is C28H29N3O5S. The summed E-state index contributed by atoms with van der Waals surface area (Å²) in [6.45, 7) is -0.259. The predicted molar refractivity (Wildman–Crippen MR) is 140 cm³/mol. The summed E-state index contributed by atoms with van der Waals surface area (Å²) in [4.78, 5) is 13.0. The fraction of sp³-hybridized carbons (Fsp3) is 0.286. The van der Waals surface area contributed by atoms with Crippen LogP contribution >= 0.6 is 0 Å². The largest absolute Gasteiger partial charge is 0.493 e. The monoisotopic (exact) mass is 519 g/mol. The highest BCUT2D eigenvalue weighted by atomic mass is 32.2. The molecule has 1 N–H and O–H groups in total. The zero-order valence-electron chi connectivity index (χ0n) is 20.8. The van der Waals surface area contributed by atoms with Crippen LogP contribution in [0.2, 0.25) is 0 Å². The third kappa shape index (κ3) is 5.93. The average Bonchev–Trinajstić information content (AvgIpc) is 3.73. The number of nitriles is 1. The van der Waals surface area contributed by atoms with Gasteiger partial charge in [0.1, 0.15) is 0 Å². The molecule has 0 heterocycles. The quantitative estimate of drug-likeness (QED) is 0.408. The van der Waals surface area contributed by atoms with Gasteiger partial charge in [0, 0.05) is 18.3 Å². The van der Waals surface area contributed by atoms with E-state index in [1.54, 1.807) is 12.1 Å². The Kier molecular flexibility index (Phi) is 7.81. The van der Waals surface area contributed by atoms with Crippen molar-refractivity contribution in [3.63, 3.8) is 0 Å². The summed E-state index contributed by atoms with van der Waals surface area (Å²) in [7, 11) is -1.13. The fourth-order valence-corrected chi connectivity index (χ4v) is 5.55. The molecule has 0 spiro atoms. The first kappa shape index (κ1) is 26.2. The minimum Gasteiger partial charge on any atom is -0.493 e. The highest BCUT2D eigenvalue weighted by Crippen LogP contribution is 2.47. The Morgan fingerprint density at radius 1 is 1.00 bits per heavy atom. The Morgan fingerprint density at radius 2 is 1.68 bits per heavy atom. The van der Waals surface area contributed by atoms with Crippen LogP contribution in [0.15, 0.2) is 77.7 Å². The molecule has 0 atom stereocenters. The Labute approximate surface area is 217 Å². The number of benzene rings is 3. The zero-order valence-corrected chi connectivity index (χ0v) is 21.6. The maximum atomic E-state index is 13.6. The lowest BCUT2D eigenvalue weighted by Crippen LogP contribution is -2.39. The van der Waals surface area contributed by atoms with Gasteiger partial charge in [-0.25, -0.2) is 8.42 Å². The number of rotatable bonds is 11. The van der Waals surface area contributed by atoms with Crippen molar-refractivity contribution >= 4 is 21.6 Å². The molecule has 9 heteroatoms. The first-order valence-electron chi connectivity index (χ1n) is 11.9. The van der Waals surface area contributed by atoms with Crippen LogP contribution in [-0.2, 0) is 26.7 Å². The molecule has 1 aliphatic rings. The molecule has 0 unspecified atom stereocenters. The van der Waals surface area contributed by atoms with Gasteiger partial charge in [-0.2, -0.15) is 9.57 Å². The lowest BCUT2D eigenvalue weighted by Gasteiger charge is -2.22. The van der Waals surface area contributed by atoms with Gasteiger partial charge in [-0.15, -0.1) is 0 Å². The summed E-state index contributed by atoms with van der Waals surface area (Å²) >= 11 is 0. The first-order chi connectivity index (χ1) is 17.8. The molecule has 1 saturated carbocycles. The summed E-state index contributed by atoms with van der Waals surface area (Å²) in [5.74, 6) is 0.219. The number of carbonyl (C=O) groups is 1. The molecule has 37 heavy (non-hydrogen) atoms. The summed E-state index contributed by atoms with van der Waals surface area (Å²) in [5, 5.41) is 12.2. The third-order valence-corrected chi connectivity index (χ3v) is 8.33. The number of sulfonamides is 1. The molecule has 192 valence electrons. The van der Waals surface area contributed by atoms with Crippen molar-refractivity contribution in [2.45, 2.75) is 29.6 Å². The maximum absolute atomic E-state index is 13.6. The topological polar surface area (TPSA) is 109 Å². The van der Waals surface area contributed by atoms with E-state index in [1.807, 2.05) is 42.5 Å². The molecule has 0 bridgehead atoms. The van der Waals surface area contributed by atoms with Gasteiger partial charge in [-0.1, -0.05) is 42.5 Å². The Hall–Kier alpha value is -3.87. The molecular weight excluding hydrogens is 490 g/mol. The summed E-state index contributed by atoms with van der Waals surface area (Å²) in [6, 6.07) is 23.3. The second-order valence-corrected chi connectivity index (χ2v) is 10.8. The van der Waals surface area contributed by atoms with E-state index in [2.05, 4.69) is 11.4 Å². The van der Waals surface area contributed by atoms with E-state index in [9.17, 15) is 18.5 Å². The van der Waals surface area contributed by atoms with Crippen molar-refractivity contribution in [1.29, 1.82) is 5.26 Å². The van der Waals surface area contributed by atoms with Gasteiger partial charge in [0.2, 0.25) is 15.9 Å². The number of hydrogen-bond donors (Lipinski definition) is 1. The van der Waals surface area contributed by atoms with Crippen LogP contribution in [0, 0.1) is 11.3 Å². The minimum atomic E-state index is -4.04. The van der Waals surface area contributed by atoms with Gasteiger partial charge >= 0.3 is 0 Å². The number of carbonyl (C=O) groups excluding carboxylic acids is 1. The molecule has 0 aliphatic heterocycles. The van der Waals surface area contributed by atoms with Crippen LogP contribution < -0.4 is 14.8 Å². The Balaban J connectivity index is 1.54. The first-order valence-corrected chi connectivity index (χ1v) is 13.3. The minimum absolute atomic E-state index is 0.00148. The van der Waals surface area contributed by atoms with Crippen LogP contribution in [0.3, 0.4) is 0 Å². The van der Waals surface area contributed by atoms with Gasteiger partial charge < -0.3 is 14.8 Å². The Morgan fingerprint density at radius 3 is 2.27 bits per heavy atom. The molecule has 8 nitrogen and oxygen atoms in total. The van der Waals surface area contributed by atoms with Crippen molar-refractivity contribution in [2.75, 3.05) is 32.6 Å². The van der Waals surface area contributed by atoms with E-state index >= 15 is 0 Å². The van der Waals surface area contributed by atoms with Crippen LogP contribution in [-0.4, -0.2) is 45.9 Å². The van der Waals surface area contributed by atoms with Gasteiger partial charge in [-0.3, -0.25) is 4.79 Å². The van der Waals surface area contributed by atoms with Gasteiger partial charge in [0.25, 0.3) is 0 Å². The molecule has 1 aliphatic carbocycles. The lowest BCUT2D eigenvalue weighted by molar-refractivity contribution is -0.116. The van der Waals surface area contributed by atoms with Crippen molar-refractivity contribution in [1.82, 2.24) is 4.31 Å². The fourth-order valence-electron chi connectivity index (χ4n) is 4.13. The van der Waals surface area contributed by atoms with Crippen LogP contribution in [0.25, 0.3) is 0 Å². The van der Waals surface area contributed by atoms with E-state index in [1.165, 1.54) is 36.7 Å². The summed E-state index contributed by atoms with van der Waals surface area (Å²) in [6.07, 6.45) is 2.10. The molecule has 1 fully saturated rings. The van der Waals surface area contributed by atoms with E-state index in [4.69, 9.17) is 9.47 Å². The molecule has 3 aromatic rings. The van der Waals surface area contributed by atoms with Gasteiger partial charge in [0.15, 0.2) is 11.5 Å². The smallest absolute Gasteiger partial charge is 0.243 e. The molecule has 3 aromatic carbocycles. The number of anilines is 1. The molecule has 1 amide bonds. The number of methoxy groups -OCH3 is 2. The van der Waals surface area contributed by atoms with Crippen molar-refractivity contribution in [3.05, 3.63) is 83.9 Å². The number of hydrogen-bond acceptors (Lipinski definition) is 6. The van der Waals surface area contributed by atoms with E-state index in [0.717, 1.165) is 24.0 Å². The van der Waals surface area contributed by atoms with Crippen LogP contribution in [0.4, 0.5) is 5.69 Å². The Bertz CT molecular complexity index is 1400. The van der Waals surface area contributed by atoms with E-state index in [-0.39, 0.29) is 23.7 Å². The lowest BCUT2D eigenvalue weighted by atomic mass is 9.98. The molecule has 0 aromatic heterocycles. The third-order valence-electron chi connectivity index (χ3n) is 6.49.